The number of carbonyl (C=O) groups excluding carboxylic acids is 1. The number of sulfonamides is 1. The quantitative estimate of drug-likeness (QED) is 0.813. The van der Waals surface area contributed by atoms with Crippen LogP contribution in [-0.4, -0.2) is 31.6 Å². The fourth-order valence-corrected chi connectivity index (χ4v) is 4.72. The molecule has 5 nitrogen and oxygen atoms in total. The molecule has 3 rings (SSSR count). The zero-order valence-corrected chi connectivity index (χ0v) is 15.4. The van der Waals surface area contributed by atoms with Gasteiger partial charge in [0.1, 0.15) is 0 Å². The van der Waals surface area contributed by atoms with Crippen LogP contribution in [0.2, 0.25) is 0 Å². The molecule has 1 aliphatic heterocycles. The Morgan fingerprint density at radius 3 is 2.28 bits per heavy atom. The summed E-state index contributed by atoms with van der Waals surface area (Å²) in [4.78, 5) is 15.1. The molecular formula is C18H20N2O3S2. The number of nitrogens with one attached hydrogen (secondary N) is 1. The molecule has 0 aliphatic carbocycles. The minimum Gasteiger partial charge on any atom is -0.333 e. The average molecular weight is 377 g/mol. The Morgan fingerprint density at radius 2 is 1.56 bits per heavy atom. The van der Waals surface area contributed by atoms with Crippen molar-refractivity contribution < 1.29 is 13.2 Å². The Hall–Kier alpha value is -1.99. The van der Waals surface area contributed by atoms with E-state index < -0.39 is 10.0 Å². The number of rotatable bonds is 4. The van der Waals surface area contributed by atoms with Gasteiger partial charge in [-0.3, -0.25) is 9.52 Å². The molecule has 0 saturated carbocycles. The second kappa shape index (κ2) is 7.93. The molecule has 0 radical (unpaired) electrons. The lowest BCUT2D eigenvalue weighted by Crippen LogP contribution is -2.32. The van der Waals surface area contributed by atoms with Gasteiger partial charge in [-0.25, -0.2) is 8.42 Å². The lowest BCUT2D eigenvalue weighted by Gasteiger charge is -2.26. The van der Waals surface area contributed by atoms with Crippen LogP contribution in [0.4, 0.5) is 10.5 Å². The maximum Gasteiger partial charge on any atom is 0.286 e. The Bertz CT molecular complexity index is 832. The number of piperidine rings is 1. The Morgan fingerprint density at radius 1 is 0.920 bits per heavy atom. The maximum atomic E-state index is 12.5. The molecule has 0 aromatic heterocycles. The highest BCUT2D eigenvalue weighted by Crippen LogP contribution is 2.31. The fraction of sp³-hybridized carbons (Fsp3) is 0.278. The monoisotopic (exact) mass is 376 g/mol. The molecule has 1 aliphatic rings. The van der Waals surface area contributed by atoms with Gasteiger partial charge in [0, 0.05) is 18.0 Å². The molecule has 1 saturated heterocycles. The first-order valence-corrected chi connectivity index (χ1v) is 10.5. The summed E-state index contributed by atoms with van der Waals surface area (Å²) in [5, 5.41) is -0.0361. The van der Waals surface area contributed by atoms with Crippen LogP contribution in [0.3, 0.4) is 0 Å². The molecule has 1 heterocycles. The second-order valence-electron chi connectivity index (χ2n) is 5.83. The van der Waals surface area contributed by atoms with Crippen molar-refractivity contribution in [3.8, 4) is 0 Å². The first-order valence-electron chi connectivity index (χ1n) is 8.20. The number of amides is 1. The predicted octanol–water partition coefficient (Wildman–Crippen LogP) is 4.19. The van der Waals surface area contributed by atoms with Gasteiger partial charge in [-0.2, -0.15) is 0 Å². The lowest BCUT2D eigenvalue weighted by molar-refractivity contribution is 0.211. The van der Waals surface area contributed by atoms with Gasteiger partial charge < -0.3 is 4.90 Å². The number of hydrogen-bond donors (Lipinski definition) is 1. The maximum absolute atomic E-state index is 12.5. The van der Waals surface area contributed by atoms with E-state index >= 15 is 0 Å². The summed E-state index contributed by atoms with van der Waals surface area (Å²) in [6, 6.07) is 15.2. The first kappa shape index (κ1) is 17.8. The highest BCUT2D eigenvalue weighted by Gasteiger charge is 2.21. The van der Waals surface area contributed by atoms with Gasteiger partial charge >= 0.3 is 0 Å². The number of para-hydroxylation sites is 1. The van der Waals surface area contributed by atoms with E-state index in [1.165, 1.54) is 12.1 Å². The Labute approximate surface area is 152 Å². The van der Waals surface area contributed by atoms with E-state index in [0.717, 1.165) is 44.1 Å². The lowest BCUT2D eigenvalue weighted by atomic mass is 10.1. The summed E-state index contributed by atoms with van der Waals surface area (Å²) in [6.07, 6.45) is 3.20. The summed E-state index contributed by atoms with van der Waals surface area (Å²) in [6.45, 7) is 1.54. The second-order valence-corrected chi connectivity index (χ2v) is 8.51. The van der Waals surface area contributed by atoms with E-state index in [2.05, 4.69) is 4.72 Å². The number of thioether (sulfide) groups is 1. The van der Waals surface area contributed by atoms with Gasteiger partial charge in [0.25, 0.3) is 15.3 Å². The van der Waals surface area contributed by atoms with Gasteiger partial charge in [-0.1, -0.05) is 30.3 Å². The van der Waals surface area contributed by atoms with Crippen LogP contribution in [0.1, 0.15) is 19.3 Å². The summed E-state index contributed by atoms with van der Waals surface area (Å²) in [5.41, 5.74) is 0.418. The largest absolute Gasteiger partial charge is 0.333 e. The molecule has 0 spiro atoms. The van der Waals surface area contributed by atoms with Crippen molar-refractivity contribution in [2.75, 3.05) is 17.8 Å². The minimum atomic E-state index is -3.68. The van der Waals surface area contributed by atoms with Crippen molar-refractivity contribution in [2.45, 2.75) is 29.1 Å². The van der Waals surface area contributed by atoms with Crippen LogP contribution in [0, 0.1) is 0 Å². The van der Waals surface area contributed by atoms with Crippen molar-refractivity contribution in [3.63, 3.8) is 0 Å². The highest BCUT2D eigenvalue weighted by atomic mass is 32.2. The summed E-state index contributed by atoms with van der Waals surface area (Å²) in [7, 11) is -3.68. The van der Waals surface area contributed by atoms with Crippen molar-refractivity contribution in [3.05, 3.63) is 54.6 Å². The van der Waals surface area contributed by atoms with Crippen molar-refractivity contribution in [1.29, 1.82) is 0 Å². The Balaban J connectivity index is 1.78. The van der Waals surface area contributed by atoms with E-state index in [1.807, 2.05) is 4.90 Å². The number of anilines is 1. The number of hydrogen-bond acceptors (Lipinski definition) is 4. The molecule has 132 valence electrons. The van der Waals surface area contributed by atoms with E-state index in [9.17, 15) is 13.2 Å². The van der Waals surface area contributed by atoms with Crippen LogP contribution in [0.25, 0.3) is 0 Å². The summed E-state index contributed by atoms with van der Waals surface area (Å²) in [5.74, 6) is 0. The molecule has 2 aromatic rings. The normalized spacial score (nSPS) is 15.0. The third-order valence-electron chi connectivity index (χ3n) is 4.00. The van der Waals surface area contributed by atoms with Crippen LogP contribution in [-0.2, 0) is 10.0 Å². The van der Waals surface area contributed by atoms with E-state index in [4.69, 9.17) is 0 Å². The SMILES string of the molecule is O=C(Sc1ccccc1NS(=O)(=O)c1ccccc1)N1CCCCC1. The average Bonchev–Trinajstić information content (AvgIpc) is 2.64. The van der Waals surface area contributed by atoms with Gasteiger partial charge in [-0.15, -0.1) is 0 Å². The molecule has 1 amide bonds. The molecule has 1 N–H and O–H groups in total. The molecule has 0 atom stereocenters. The summed E-state index contributed by atoms with van der Waals surface area (Å²) < 4.78 is 27.6. The molecule has 25 heavy (non-hydrogen) atoms. The first-order chi connectivity index (χ1) is 12.1. The molecule has 0 bridgehead atoms. The van der Waals surface area contributed by atoms with Crippen LogP contribution in [0.15, 0.2) is 64.4 Å². The van der Waals surface area contributed by atoms with Crippen LogP contribution in [0.5, 0.6) is 0 Å². The molecule has 1 fully saturated rings. The molecule has 0 unspecified atom stereocenters. The third-order valence-corrected chi connectivity index (χ3v) is 6.39. The number of nitrogens with zero attached hydrogens (tertiary/aromatic N) is 1. The number of carbonyl (C=O) groups is 1. The Kier molecular flexibility index (Phi) is 5.65. The van der Waals surface area contributed by atoms with E-state index in [-0.39, 0.29) is 10.1 Å². The fourth-order valence-electron chi connectivity index (χ4n) is 2.68. The highest BCUT2D eigenvalue weighted by molar-refractivity contribution is 8.13. The van der Waals surface area contributed by atoms with Crippen LogP contribution >= 0.6 is 11.8 Å². The minimum absolute atomic E-state index is 0.0361. The number of likely N-dealkylation sites (tertiary alicyclic amines) is 1. The summed E-state index contributed by atoms with van der Waals surface area (Å²) >= 11 is 1.07. The van der Waals surface area contributed by atoms with Crippen molar-refractivity contribution in [2.24, 2.45) is 0 Å². The van der Waals surface area contributed by atoms with Crippen molar-refractivity contribution >= 4 is 32.7 Å². The predicted molar refractivity (Wildman–Crippen MR) is 100 cm³/mol. The van der Waals surface area contributed by atoms with Crippen molar-refractivity contribution in [1.82, 2.24) is 4.90 Å². The van der Waals surface area contributed by atoms with Gasteiger partial charge in [0.15, 0.2) is 0 Å². The molecular weight excluding hydrogens is 356 g/mol. The standard InChI is InChI=1S/C18H20N2O3S2/c21-18(20-13-7-2-8-14-20)24-17-12-6-5-11-16(17)19-25(22,23)15-9-3-1-4-10-15/h1,3-6,9-12,19H,2,7-8,13-14H2. The topological polar surface area (TPSA) is 66.5 Å². The van der Waals surface area contributed by atoms with Gasteiger partial charge in [0.2, 0.25) is 0 Å². The van der Waals surface area contributed by atoms with Gasteiger partial charge in [0.05, 0.1) is 10.6 Å². The third kappa shape index (κ3) is 4.55. The van der Waals surface area contributed by atoms with E-state index in [0.29, 0.717) is 10.6 Å². The number of benzene rings is 2. The van der Waals surface area contributed by atoms with Gasteiger partial charge in [-0.05, 0) is 55.3 Å². The zero-order chi connectivity index (χ0) is 17.7. The van der Waals surface area contributed by atoms with Crippen LogP contribution < -0.4 is 4.72 Å². The molecule has 7 heteroatoms. The smallest absolute Gasteiger partial charge is 0.286 e. The zero-order valence-electron chi connectivity index (χ0n) is 13.7. The van der Waals surface area contributed by atoms with E-state index in [1.54, 1.807) is 42.5 Å². The molecule has 2 aromatic carbocycles.